The third-order valence-corrected chi connectivity index (χ3v) is 3.91. The first-order valence-electron chi connectivity index (χ1n) is 5.50. The van der Waals surface area contributed by atoms with E-state index in [9.17, 15) is 0 Å². The van der Waals surface area contributed by atoms with Crippen molar-refractivity contribution in [1.29, 1.82) is 0 Å². The molecule has 2 aromatic rings. The standard InChI is InChI=1S/C13H12ClNS/c14-11-3-1-2-9(6-11)7-13-15-12(8-16-13)10-4-5-10/h1-3,6,8,10H,4-5,7H2. The van der Waals surface area contributed by atoms with Crippen LogP contribution < -0.4 is 0 Å². The second kappa shape index (κ2) is 4.19. The van der Waals surface area contributed by atoms with Gasteiger partial charge in [0.05, 0.1) is 10.7 Å². The summed E-state index contributed by atoms with van der Waals surface area (Å²) in [6.45, 7) is 0. The summed E-state index contributed by atoms with van der Waals surface area (Å²) in [6.07, 6.45) is 3.54. The topological polar surface area (TPSA) is 12.9 Å². The Morgan fingerprint density at radius 3 is 3.00 bits per heavy atom. The minimum absolute atomic E-state index is 0.754. The van der Waals surface area contributed by atoms with E-state index >= 15 is 0 Å². The summed E-state index contributed by atoms with van der Waals surface area (Å²) in [4.78, 5) is 4.67. The van der Waals surface area contributed by atoms with Crippen molar-refractivity contribution in [3.05, 3.63) is 50.9 Å². The van der Waals surface area contributed by atoms with Gasteiger partial charge in [0.1, 0.15) is 0 Å². The third-order valence-electron chi connectivity index (χ3n) is 2.81. The van der Waals surface area contributed by atoms with Crippen molar-refractivity contribution in [3.8, 4) is 0 Å². The van der Waals surface area contributed by atoms with E-state index in [-0.39, 0.29) is 0 Å². The molecule has 0 radical (unpaired) electrons. The molecule has 3 rings (SSSR count). The van der Waals surface area contributed by atoms with E-state index in [1.165, 1.54) is 29.1 Å². The highest BCUT2D eigenvalue weighted by atomic mass is 35.5. The molecule has 0 aliphatic heterocycles. The van der Waals surface area contributed by atoms with Gasteiger partial charge in [-0.1, -0.05) is 23.7 Å². The molecule has 0 atom stereocenters. The Labute approximate surface area is 104 Å². The van der Waals surface area contributed by atoms with E-state index in [2.05, 4.69) is 16.4 Å². The number of thiazole rings is 1. The maximum Gasteiger partial charge on any atom is 0.0972 e. The van der Waals surface area contributed by atoms with E-state index in [0.717, 1.165) is 17.4 Å². The predicted molar refractivity (Wildman–Crippen MR) is 68.3 cm³/mol. The molecule has 1 saturated carbocycles. The molecule has 0 bridgehead atoms. The van der Waals surface area contributed by atoms with E-state index in [1.54, 1.807) is 11.3 Å². The molecular weight excluding hydrogens is 238 g/mol. The fraction of sp³-hybridized carbons (Fsp3) is 0.308. The molecule has 82 valence electrons. The summed E-state index contributed by atoms with van der Waals surface area (Å²) in [5.41, 5.74) is 2.53. The molecule has 3 heteroatoms. The smallest absolute Gasteiger partial charge is 0.0972 e. The Balaban J connectivity index is 1.77. The number of aromatic nitrogens is 1. The first-order valence-corrected chi connectivity index (χ1v) is 6.76. The Morgan fingerprint density at radius 2 is 2.25 bits per heavy atom. The zero-order valence-corrected chi connectivity index (χ0v) is 10.4. The maximum absolute atomic E-state index is 5.96. The van der Waals surface area contributed by atoms with Crippen LogP contribution in [0.5, 0.6) is 0 Å². The van der Waals surface area contributed by atoms with Crippen molar-refractivity contribution in [2.45, 2.75) is 25.2 Å². The van der Waals surface area contributed by atoms with Crippen molar-refractivity contribution in [2.24, 2.45) is 0 Å². The number of benzene rings is 1. The van der Waals surface area contributed by atoms with Crippen LogP contribution in [0.15, 0.2) is 29.6 Å². The number of hydrogen-bond donors (Lipinski definition) is 0. The molecule has 0 N–H and O–H groups in total. The normalized spacial score (nSPS) is 15.3. The van der Waals surface area contributed by atoms with Crippen LogP contribution in [0.3, 0.4) is 0 Å². The molecule has 1 aromatic carbocycles. The SMILES string of the molecule is Clc1cccc(Cc2nc(C3CC3)cs2)c1. The van der Waals surface area contributed by atoms with E-state index in [1.807, 2.05) is 18.2 Å². The van der Waals surface area contributed by atoms with Gasteiger partial charge in [-0.2, -0.15) is 0 Å². The second-order valence-corrected chi connectivity index (χ2v) is 5.63. The van der Waals surface area contributed by atoms with Crippen LogP contribution in [0.1, 0.15) is 35.0 Å². The van der Waals surface area contributed by atoms with Crippen molar-refractivity contribution in [1.82, 2.24) is 4.98 Å². The molecule has 1 fully saturated rings. The van der Waals surface area contributed by atoms with Crippen LogP contribution in [-0.4, -0.2) is 4.98 Å². The lowest BCUT2D eigenvalue weighted by molar-refractivity contribution is 1.01. The average molecular weight is 250 g/mol. The van der Waals surface area contributed by atoms with Gasteiger partial charge in [-0.25, -0.2) is 4.98 Å². The van der Waals surface area contributed by atoms with Gasteiger partial charge in [0.2, 0.25) is 0 Å². The lowest BCUT2D eigenvalue weighted by Gasteiger charge is -1.98. The fourth-order valence-electron chi connectivity index (χ4n) is 1.79. The summed E-state index contributed by atoms with van der Waals surface area (Å²) in [7, 11) is 0. The monoisotopic (exact) mass is 249 g/mol. The molecule has 0 spiro atoms. The number of nitrogens with zero attached hydrogens (tertiary/aromatic N) is 1. The van der Waals surface area contributed by atoms with Gasteiger partial charge in [0.25, 0.3) is 0 Å². The molecule has 16 heavy (non-hydrogen) atoms. The minimum atomic E-state index is 0.754. The number of rotatable bonds is 3. The van der Waals surface area contributed by atoms with E-state index in [4.69, 9.17) is 11.6 Å². The molecule has 0 amide bonds. The summed E-state index contributed by atoms with van der Waals surface area (Å²) in [5, 5.41) is 4.21. The average Bonchev–Trinajstić information content (AvgIpc) is 3.01. The summed E-state index contributed by atoms with van der Waals surface area (Å²) < 4.78 is 0. The lowest BCUT2D eigenvalue weighted by atomic mass is 10.2. The predicted octanol–water partition coefficient (Wildman–Crippen LogP) is 4.26. The molecule has 1 heterocycles. The Morgan fingerprint density at radius 1 is 1.38 bits per heavy atom. The van der Waals surface area contributed by atoms with Gasteiger partial charge in [0, 0.05) is 22.7 Å². The first kappa shape index (κ1) is 10.3. The zero-order chi connectivity index (χ0) is 11.0. The number of hydrogen-bond acceptors (Lipinski definition) is 2. The molecule has 1 aliphatic rings. The molecular formula is C13H12ClNS. The van der Waals surface area contributed by atoms with Gasteiger partial charge in [-0.15, -0.1) is 11.3 Å². The van der Waals surface area contributed by atoms with Crippen LogP contribution in [0, 0.1) is 0 Å². The highest BCUT2D eigenvalue weighted by Crippen LogP contribution is 2.40. The zero-order valence-electron chi connectivity index (χ0n) is 8.82. The van der Waals surface area contributed by atoms with Crippen molar-refractivity contribution < 1.29 is 0 Å². The van der Waals surface area contributed by atoms with Crippen molar-refractivity contribution >= 4 is 22.9 Å². The van der Waals surface area contributed by atoms with Crippen molar-refractivity contribution in [3.63, 3.8) is 0 Å². The van der Waals surface area contributed by atoms with Crippen LogP contribution >= 0.6 is 22.9 Å². The molecule has 0 unspecified atom stereocenters. The van der Waals surface area contributed by atoms with Gasteiger partial charge in [0.15, 0.2) is 0 Å². The van der Waals surface area contributed by atoms with Crippen LogP contribution in [0.2, 0.25) is 5.02 Å². The lowest BCUT2D eigenvalue weighted by Crippen LogP contribution is -1.88. The molecule has 0 saturated heterocycles. The Kier molecular flexibility index (Phi) is 2.70. The fourth-order valence-corrected chi connectivity index (χ4v) is 2.92. The summed E-state index contributed by atoms with van der Waals surface area (Å²) in [5.74, 6) is 0.754. The quantitative estimate of drug-likeness (QED) is 0.792. The van der Waals surface area contributed by atoms with E-state index < -0.39 is 0 Å². The van der Waals surface area contributed by atoms with Crippen LogP contribution in [-0.2, 0) is 6.42 Å². The third kappa shape index (κ3) is 2.28. The number of halogens is 1. The first-order chi connectivity index (χ1) is 7.81. The molecule has 1 aliphatic carbocycles. The summed E-state index contributed by atoms with van der Waals surface area (Å²) in [6, 6.07) is 8.01. The molecule has 1 aromatic heterocycles. The highest BCUT2D eigenvalue weighted by molar-refractivity contribution is 7.09. The molecule has 1 nitrogen and oxygen atoms in total. The van der Waals surface area contributed by atoms with Gasteiger partial charge < -0.3 is 0 Å². The maximum atomic E-state index is 5.96. The van der Waals surface area contributed by atoms with Crippen molar-refractivity contribution in [2.75, 3.05) is 0 Å². The highest BCUT2D eigenvalue weighted by Gasteiger charge is 2.25. The Hall–Kier alpha value is -0.860. The van der Waals surface area contributed by atoms with E-state index in [0.29, 0.717) is 0 Å². The van der Waals surface area contributed by atoms with Gasteiger partial charge >= 0.3 is 0 Å². The Bertz CT molecular complexity index is 502. The largest absolute Gasteiger partial charge is 0.246 e. The van der Waals surface area contributed by atoms with Gasteiger partial charge in [-0.3, -0.25) is 0 Å². The summed E-state index contributed by atoms with van der Waals surface area (Å²) >= 11 is 7.72. The van der Waals surface area contributed by atoms with Crippen LogP contribution in [0.25, 0.3) is 0 Å². The van der Waals surface area contributed by atoms with Gasteiger partial charge in [-0.05, 0) is 30.5 Å². The minimum Gasteiger partial charge on any atom is -0.246 e. The van der Waals surface area contributed by atoms with Crippen LogP contribution in [0.4, 0.5) is 0 Å². The second-order valence-electron chi connectivity index (χ2n) is 4.25.